The largest absolute Gasteiger partial charge is 0.324 e. The molecule has 7 heteroatoms. The number of carbonyl (C=O) groups is 1. The Morgan fingerprint density at radius 3 is 2.56 bits per heavy atom. The molecule has 3 rings (SSSR count). The van der Waals surface area contributed by atoms with Gasteiger partial charge in [0.25, 0.3) is 0 Å². The molecular weight excluding hydrogens is 326 g/mol. The molecule has 5 nitrogen and oxygen atoms in total. The van der Waals surface area contributed by atoms with Crippen LogP contribution in [-0.4, -0.2) is 20.7 Å². The summed E-state index contributed by atoms with van der Waals surface area (Å²) in [5.74, 6) is -2.04. The van der Waals surface area contributed by atoms with E-state index < -0.39 is 17.5 Å². The molecule has 1 aromatic carbocycles. The lowest BCUT2D eigenvalue weighted by atomic mass is 10.0. The number of hydrogen-bond donors (Lipinski definition) is 1. The van der Waals surface area contributed by atoms with E-state index in [1.54, 1.807) is 35.4 Å². The van der Waals surface area contributed by atoms with Crippen molar-refractivity contribution in [2.75, 3.05) is 5.32 Å². The zero-order valence-electron chi connectivity index (χ0n) is 13.8. The van der Waals surface area contributed by atoms with E-state index in [0.717, 1.165) is 11.6 Å². The maximum atomic E-state index is 14.9. The summed E-state index contributed by atoms with van der Waals surface area (Å²) in [5.41, 5.74) is 1.14. The monoisotopic (exact) mass is 342 g/mol. The molecule has 0 radical (unpaired) electrons. The molecule has 2 heterocycles. The summed E-state index contributed by atoms with van der Waals surface area (Å²) in [6, 6.07) is 5.80. The molecule has 1 amide bonds. The molecule has 3 aromatic rings. The van der Waals surface area contributed by atoms with Crippen LogP contribution in [0.4, 0.5) is 14.5 Å². The van der Waals surface area contributed by atoms with Gasteiger partial charge in [-0.1, -0.05) is 0 Å². The second-order valence-electron chi connectivity index (χ2n) is 5.45. The molecule has 0 aliphatic carbocycles. The van der Waals surface area contributed by atoms with Gasteiger partial charge in [-0.3, -0.25) is 14.5 Å². The second-order valence-corrected chi connectivity index (χ2v) is 5.45. The van der Waals surface area contributed by atoms with Gasteiger partial charge < -0.3 is 5.32 Å². The van der Waals surface area contributed by atoms with Crippen LogP contribution >= 0.6 is 0 Å². The Hall–Kier alpha value is -3.09. The standard InChI is InChI=1S/C18H16F2N4O/c1-3-24-10-13(12-6-8-21-9-7-12)18(23-24)16-14(19)4-5-15(17(16)20)22-11(2)25/h4-10H,3H2,1-2H3,(H,22,25). The molecule has 0 unspecified atom stereocenters. The Bertz CT molecular complexity index is 922. The highest BCUT2D eigenvalue weighted by Crippen LogP contribution is 2.36. The Morgan fingerprint density at radius 1 is 1.20 bits per heavy atom. The van der Waals surface area contributed by atoms with Crippen LogP contribution in [0.15, 0.2) is 42.9 Å². The van der Waals surface area contributed by atoms with Crippen molar-refractivity contribution in [3.8, 4) is 22.4 Å². The van der Waals surface area contributed by atoms with E-state index in [-0.39, 0.29) is 16.9 Å². The highest BCUT2D eigenvalue weighted by molar-refractivity contribution is 5.90. The highest BCUT2D eigenvalue weighted by atomic mass is 19.1. The zero-order chi connectivity index (χ0) is 18.0. The number of hydrogen-bond acceptors (Lipinski definition) is 3. The summed E-state index contributed by atoms with van der Waals surface area (Å²) >= 11 is 0. The first-order chi connectivity index (χ1) is 12.0. The van der Waals surface area contributed by atoms with Gasteiger partial charge in [0.15, 0.2) is 5.82 Å². The minimum atomic E-state index is -0.855. The lowest BCUT2D eigenvalue weighted by Crippen LogP contribution is -2.09. The highest BCUT2D eigenvalue weighted by Gasteiger charge is 2.22. The molecule has 1 N–H and O–H groups in total. The summed E-state index contributed by atoms with van der Waals surface area (Å²) in [7, 11) is 0. The Morgan fingerprint density at radius 2 is 1.92 bits per heavy atom. The van der Waals surface area contributed by atoms with Gasteiger partial charge in [-0.05, 0) is 36.8 Å². The fourth-order valence-electron chi connectivity index (χ4n) is 2.57. The van der Waals surface area contributed by atoms with Crippen molar-refractivity contribution in [2.45, 2.75) is 20.4 Å². The minimum Gasteiger partial charge on any atom is -0.324 e. The molecule has 0 fully saturated rings. The minimum absolute atomic E-state index is 0.0874. The van der Waals surface area contributed by atoms with Crippen molar-refractivity contribution in [1.82, 2.24) is 14.8 Å². The number of rotatable bonds is 4. The van der Waals surface area contributed by atoms with Crippen molar-refractivity contribution >= 4 is 11.6 Å². The van der Waals surface area contributed by atoms with Crippen LogP contribution in [0, 0.1) is 11.6 Å². The average molecular weight is 342 g/mol. The van der Waals surface area contributed by atoms with E-state index in [1.807, 2.05) is 6.92 Å². The van der Waals surface area contributed by atoms with Gasteiger partial charge >= 0.3 is 0 Å². The number of anilines is 1. The second kappa shape index (κ2) is 6.80. The summed E-state index contributed by atoms with van der Waals surface area (Å²) in [6.45, 7) is 3.69. The van der Waals surface area contributed by atoms with Crippen LogP contribution in [0.1, 0.15) is 13.8 Å². The quantitative estimate of drug-likeness (QED) is 0.783. The van der Waals surface area contributed by atoms with Crippen LogP contribution in [-0.2, 0) is 11.3 Å². The van der Waals surface area contributed by atoms with Crippen molar-refractivity contribution in [2.24, 2.45) is 0 Å². The number of halogens is 2. The Labute approximate surface area is 143 Å². The maximum absolute atomic E-state index is 14.9. The van der Waals surface area contributed by atoms with Gasteiger partial charge in [0.2, 0.25) is 5.91 Å². The van der Waals surface area contributed by atoms with Gasteiger partial charge in [0.1, 0.15) is 11.5 Å². The molecule has 128 valence electrons. The fourth-order valence-corrected chi connectivity index (χ4v) is 2.57. The molecule has 0 atom stereocenters. The van der Waals surface area contributed by atoms with Crippen molar-refractivity contribution in [1.29, 1.82) is 0 Å². The van der Waals surface area contributed by atoms with Crippen LogP contribution < -0.4 is 5.32 Å². The number of aryl methyl sites for hydroxylation is 1. The average Bonchev–Trinajstić information content (AvgIpc) is 3.02. The molecule has 25 heavy (non-hydrogen) atoms. The first kappa shape index (κ1) is 16.8. The summed E-state index contributed by atoms with van der Waals surface area (Å²) < 4.78 is 30.9. The van der Waals surface area contributed by atoms with Crippen molar-refractivity contribution < 1.29 is 13.6 Å². The molecule has 0 saturated carbocycles. The molecular formula is C18H16F2N4O. The van der Waals surface area contributed by atoms with Gasteiger partial charge in [-0.2, -0.15) is 5.10 Å². The van der Waals surface area contributed by atoms with Crippen LogP contribution in [0.25, 0.3) is 22.4 Å². The van der Waals surface area contributed by atoms with E-state index in [2.05, 4.69) is 15.4 Å². The Kier molecular flexibility index (Phi) is 4.56. The molecule has 0 saturated heterocycles. The number of aromatic nitrogens is 3. The van der Waals surface area contributed by atoms with E-state index >= 15 is 0 Å². The van der Waals surface area contributed by atoms with Crippen molar-refractivity contribution in [3.05, 3.63) is 54.5 Å². The van der Waals surface area contributed by atoms with Crippen molar-refractivity contribution in [3.63, 3.8) is 0 Å². The maximum Gasteiger partial charge on any atom is 0.221 e. The molecule has 0 aliphatic heterocycles. The molecule has 0 spiro atoms. The van der Waals surface area contributed by atoms with E-state index in [9.17, 15) is 13.6 Å². The van der Waals surface area contributed by atoms with E-state index in [0.29, 0.717) is 12.1 Å². The number of benzene rings is 1. The molecule has 0 bridgehead atoms. The van der Waals surface area contributed by atoms with Crippen LogP contribution in [0.5, 0.6) is 0 Å². The Balaban J connectivity index is 2.23. The van der Waals surface area contributed by atoms with Crippen LogP contribution in [0.2, 0.25) is 0 Å². The number of amides is 1. The lowest BCUT2D eigenvalue weighted by molar-refractivity contribution is -0.114. The normalized spacial score (nSPS) is 10.7. The zero-order valence-corrected chi connectivity index (χ0v) is 13.8. The van der Waals surface area contributed by atoms with E-state index in [1.165, 1.54) is 13.0 Å². The fraction of sp³-hybridized carbons (Fsp3) is 0.167. The molecule has 0 aliphatic rings. The third-order valence-electron chi connectivity index (χ3n) is 3.72. The van der Waals surface area contributed by atoms with Gasteiger partial charge in [0.05, 0.1) is 11.3 Å². The summed E-state index contributed by atoms with van der Waals surface area (Å²) in [5, 5.41) is 6.69. The van der Waals surface area contributed by atoms with Gasteiger partial charge in [-0.25, -0.2) is 8.78 Å². The SMILES string of the molecule is CCn1cc(-c2ccncc2)c(-c2c(F)ccc(NC(C)=O)c2F)n1. The predicted molar refractivity (Wildman–Crippen MR) is 90.8 cm³/mol. The van der Waals surface area contributed by atoms with E-state index in [4.69, 9.17) is 0 Å². The first-order valence-corrected chi connectivity index (χ1v) is 7.75. The van der Waals surface area contributed by atoms with Gasteiger partial charge in [0, 0.05) is 37.6 Å². The lowest BCUT2D eigenvalue weighted by Gasteiger charge is -2.10. The summed E-state index contributed by atoms with van der Waals surface area (Å²) in [4.78, 5) is 15.2. The first-order valence-electron chi connectivity index (χ1n) is 7.75. The number of nitrogens with zero attached hydrogens (tertiary/aromatic N) is 3. The third-order valence-corrected chi connectivity index (χ3v) is 3.72. The number of nitrogens with one attached hydrogen (secondary N) is 1. The van der Waals surface area contributed by atoms with Crippen LogP contribution in [0.3, 0.4) is 0 Å². The summed E-state index contributed by atoms with van der Waals surface area (Å²) in [6.07, 6.45) is 4.93. The van der Waals surface area contributed by atoms with Gasteiger partial charge in [-0.15, -0.1) is 0 Å². The predicted octanol–water partition coefficient (Wildman–Crippen LogP) is 3.87. The molecule has 2 aromatic heterocycles. The number of carbonyl (C=O) groups excluding carboxylic acids is 1. The number of pyridine rings is 1. The third kappa shape index (κ3) is 3.26. The topological polar surface area (TPSA) is 59.8 Å². The smallest absolute Gasteiger partial charge is 0.221 e.